The van der Waals surface area contributed by atoms with Crippen LogP contribution in [0.1, 0.15) is 32.3 Å². The molecule has 1 aliphatic heterocycles. The van der Waals surface area contributed by atoms with Gasteiger partial charge >= 0.3 is 0 Å². The largest absolute Gasteiger partial charge is 0.346 e. The van der Waals surface area contributed by atoms with Gasteiger partial charge in [-0.2, -0.15) is 0 Å². The first-order valence-corrected chi connectivity index (χ1v) is 7.63. The predicted molar refractivity (Wildman–Crippen MR) is 84.6 cm³/mol. The molecular formula is C17H23N3. The van der Waals surface area contributed by atoms with Gasteiger partial charge in [-0.25, -0.2) is 4.98 Å². The summed E-state index contributed by atoms with van der Waals surface area (Å²) >= 11 is 0. The molecule has 1 aliphatic rings. The van der Waals surface area contributed by atoms with Gasteiger partial charge in [0.05, 0.1) is 0 Å². The van der Waals surface area contributed by atoms with Crippen molar-refractivity contribution in [2.75, 3.05) is 19.6 Å². The molecule has 0 bridgehead atoms. The van der Waals surface area contributed by atoms with Crippen molar-refractivity contribution < 1.29 is 0 Å². The number of rotatable bonds is 4. The lowest BCUT2D eigenvalue weighted by atomic mass is 9.96. The number of H-pyrrole nitrogens is 1. The minimum Gasteiger partial charge on any atom is -0.346 e. The van der Waals surface area contributed by atoms with Gasteiger partial charge in [-0.1, -0.05) is 26.3 Å². The second-order valence-electron chi connectivity index (χ2n) is 5.86. The number of nitrogens with zero attached hydrogens (tertiary/aromatic N) is 2. The van der Waals surface area contributed by atoms with Crippen LogP contribution in [-0.2, 0) is 0 Å². The summed E-state index contributed by atoms with van der Waals surface area (Å²) in [5.41, 5.74) is 3.75. The Kier molecular flexibility index (Phi) is 3.88. The molecule has 2 aromatic rings. The third-order valence-electron chi connectivity index (χ3n) is 4.05. The standard InChI is InChI=1S/C17H23N3/c1-3-4-8-20-11-13(2)9-14(12-20)16-10-19-17-15(16)6-5-7-18-17/h5-7,9-10,13H,3-4,8,11-12H2,1-2H3,(H,18,19)/t13-/m0/s1. The van der Waals surface area contributed by atoms with E-state index in [2.05, 4.69) is 47.1 Å². The van der Waals surface area contributed by atoms with Gasteiger partial charge < -0.3 is 4.98 Å². The molecular weight excluding hydrogens is 246 g/mol. The number of nitrogens with one attached hydrogen (secondary N) is 1. The molecule has 1 N–H and O–H groups in total. The second kappa shape index (κ2) is 5.80. The maximum atomic E-state index is 4.39. The molecule has 0 amide bonds. The van der Waals surface area contributed by atoms with Crippen LogP contribution in [0.3, 0.4) is 0 Å². The van der Waals surface area contributed by atoms with Gasteiger partial charge in [0, 0.05) is 36.4 Å². The molecule has 0 spiro atoms. The molecule has 2 aromatic heterocycles. The lowest BCUT2D eigenvalue weighted by Crippen LogP contribution is -2.34. The van der Waals surface area contributed by atoms with Crippen molar-refractivity contribution in [1.82, 2.24) is 14.9 Å². The van der Waals surface area contributed by atoms with Crippen LogP contribution in [0.25, 0.3) is 16.6 Å². The molecule has 0 unspecified atom stereocenters. The lowest BCUT2D eigenvalue weighted by molar-refractivity contribution is 0.268. The van der Waals surface area contributed by atoms with E-state index in [9.17, 15) is 0 Å². The van der Waals surface area contributed by atoms with Crippen molar-refractivity contribution >= 4 is 16.6 Å². The average Bonchev–Trinajstić information content (AvgIpc) is 2.88. The van der Waals surface area contributed by atoms with Gasteiger partial charge in [0.1, 0.15) is 5.65 Å². The Hall–Kier alpha value is -1.61. The lowest BCUT2D eigenvalue weighted by Gasteiger charge is -2.30. The van der Waals surface area contributed by atoms with Crippen molar-refractivity contribution in [3.63, 3.8) is 0 Å². The molecule has 0 fully saturated rings. The number of hydrogen-bond donors (Lipinski definition) is 1. The van der Waals surface area contributed by atoms with Crippen molar-refractivity contribution in [1.29, 1.82) is 0 Å². The van der Waals surface area contributed by atoms with Crippen LogP contribution < -0.4 is 0 Å². The second-order valence-corrected chi connectivity index (χ2v) is 5.86. The molecule has 106 valence electrons. The Labute approximate surface area is 120 Å². The number of pyridine rings is 1. The highest BCUT2D eigenvalue weighted by atomic mass is 15.1. The van der Waals surface area contributed by atoms with Crippen molar-refractivity contribution in [3.8, 4) is 0 Å². The number of fused-ring (bicyclic) bond motifs is 1. The Morgan fingerprint density at radius 2 is 2.35 bits per heavy atom. The summed E-state index contributed by atoms with van der Waals surface area (Å²) < 4.78 is 0. The zero-order valence-corrected chi connectivity index (χ0v) is 12.4. The Bertz CT molecular complexity index is 611. The summed E-state index contributed by atoms with van der Waals surface area (Å²) in [4.78, 5) is 10.3. The molecule has 1 atom stereocenters. The van der Waals surface area contributed by atoms with Gasteiger partial charge in [-0.05, 0) is 36.6 Å². The van der Waals surface area contributed by atoms with Crippen LogP contribution in [0.4, 0.5) is 0 Å². The minimum atomic E-state index is 0.622. The quantitative estimate of drug-likeness (QED) is 0.917. The van der Waals surface area contributed by atoms with E-state index in [0.29, 0.717) is 5.92 Å². The van der Waals surface area contributed by atoms with Crippen LogP contribution in [0.2, 0.25) is 0 Å². The van der Waals surface area contributed by atoms with E-state index in [0.717, 1.165) is 12.2 Å². The first kappa shape index (κ1) is 13.4. The zero-order chi connectivity index (χ0) is 13.9. The molecule has 3 nitrogen and oxygen atoms in total. The normalized spacial score (nSPS) is 20.3. The number of unbranched alkanes of at least 4 members (excludes halogenated alkanes) is 1. The molecule has 0 radical (unpaired) electrons. The van der Waals surface area contributed by atoms with Gasteiger partial charge in [0.25, 0.3) is 0 Å². The Morgan fingerprint density at radius 3 is 3.20 bits per heavy atom. The van der Waals surface area contributed by atoms with Gasteiger partial charge in [-0.3, -0.25) is 4.90 Å². The first-order chi connectivity index (χ1) is 9.78. The Balaban J connectivity index is 1.88. The fraction of sp³-hybridized carbons (Fsp3) is 0.471. The highest BCUT2D eigenvalue weighted by Crippen LogP contribution is 2.28. The summed E-state index contributed by atoms with van der Waals surface area (Å²) in [5, 5.41) is 1.24. The van der Waals surface area contributed by atoms with Gasteiger partial charge in [0.15, 0.2) is 0 Å². The van der Waals surface area contributed by atoms with E-state index < -0.39 is 0 Å². The SMILES string of the molecule is CCCCN1CC(c2c[nH]c3ncccc23)=C[C@H](C)C1. The molecule has 3 heteroatoms. The van der Waals surface area contributed by atoms with E-state index in [4.69, 9.17) is 0 Å². The van der Waals surface area contributed by atoms with E-state index in [1.807, 2.05) is 12.3 Å². The van der Waals surface area contributed by atoms with Crippen LogP contribution in [0.15, 0.2) is 30.6 Å². The predicted octanol–water partition coefficient (Wildman–Crippen LogP) is 3.70. The molecule has 3 rings (SSSR count). The molecule has 20 heavy (non-hydrogen) atoms. The summed E-state index contributed by atoms with van der Waals surface area (Å²) in [6.45, 7) is 8.02. The highest BCUT2D eigenvalue weighted by Gasteiger charge is 2.19. The maximum Gasteiger partial charge on any atom is 0.137 e. The smallest absolute Gasteiger partial charge is 0.137 e. The molecule has 0 aliphatic carbocycles. The van der Waals surface area contributed by atoms with E-state index in [1.54, 1.807) is 0 Å². The minimum absolute atomic E-state index is 0.622. The van der Waals surface area contributed by atoms with Gasteiger partial charge in [0.2, 0.25) is 0 Å². The number of aromatic amines is 1. The van der Waals surface area contributed by atoms with Crippen LogP contribution in [0.5, 0.6) is 0 Å². The van der Waals surface area contributed by atoms with Crippen LogP contribution in [-0.4, -0.2) is 34.5 Å². The van der Waals surface area contributed by atoms with Crippen molar-refractivity contribution in [3.05, 3.63) is 36.2 Å². The molecule has 0 saturated heterocycles. The van der Waals surface area contributed by atoms with Crippen LogP contribution >= 0.6 is 0 Å². The summed E-state index contributed by atoms with van der Waals surface area (Å²) in [6, 6.07) is 4.17. The third-order valence-corrected chi connectivity index (χ3v) is 4.05. The van der Waals surface area contributed by atoms with Gasteiger partial charge in [-0.15, -0.1) is 0 Å². The first-order valence-electron chi connectivity index (χ1n) is 7.63. The Morgan fingerprint density at radius 1 is 1.45 bits per heavy atom. The monoisotopic (exact) mass is 269 g/mol. The summed E-state index contributed by atoms with van der Waals surface area (Å²) in [6.07, 6.45) is 8.93. The van der Waals surface area contributed by atoms with E-state index in [-0.39, 0.29) is 0 Å². The number of aromatic nitrogens is 2. The topological polar surface area (TPSA) is 31.9 Å². The molecule has 3 heterocycles. The van der Waals surface area contributed by atoms with Crippen molar-refractivity contribution in [2.45, 2.75) is 26.7 Å². The van der Waals surface area contributed by atoms with Crippen LogP contribution in [0, 0.1) is 5.92 Å². The summed E-state index contributed by atoms with van der Waals surface area (Å²) in [7, 11) is 0. The summed E-state index contributed by atoms with van der Waals surface area (Å²) in [5.74, 6) is 0.622. The van der Waals surface area contributed by atoms with E-state index >= 15 is 0 Å². The molecule has 0 saturated carbocycles. The maximum absolute atomic E-state index is 4.39. The zero-order valence-electron chi connectivity index (χ0n) is 12.4. The average molecular weight is 269 g/mol. The highest BCUT2D eigenvalue weighted by molar-refractivity contribution is 5.91. The van der Waals surface area contributed by atoms with Crippen molar-refractivity contribution in [2.24, 2.45) is 5.92 Å². The molecule has 0 aromatic carbocycles. The van der Waals surface area contributed by atoms with E-state index in [1.165, 1.54) is 42.5 Å². The fourth-order valence-electron chi connectivity index (χ4n) is 3.11. The number of hydrogen-bond acceptors (Lipinski definition) is 2. The third kappa shape index (κ3) is 2.63. The fourth-order valence-corrected chi connectivity index (χ4v) is 3.11.